The highest BCUT2D eigenvalue weighted by Gasteiger charge is 2.27. The molecule has 1 aromatic rings. The molecule has 0 unspecified atom stereocenters. The van der Waals surface area contributed by atoms with Crippen LogP contribution in [0, 0.1) is 18.6 Å². The maximum absolute atomic E-state index is 14.3. The molecule has 4 heteroatoms. The summed E-state index contributed by atoms with van der Waals surface area (Å²) < 4.78 is 28.3. The predicted molar refractivity (Wildman–Crippen MR) is 73.1 cm³/mol. The summed E-state index contributed by atoms with van der Waals surface area (Å²) in [5, 5.41) is 3.25. The summed E-state index contributed by atoms with van der Waals surface area (Å²) >= 11 is 0. The number of aryl methyl sites for hydroxylation is 1. The Morgan fingerprint density at radius 1 is 1.37 bits per heavy atom. The van der Waals surface area contributed by atoms with Crippen molar-refractivity contribution in [3.63, 3.8) is 0 Å². The van der Waals surface area contributed by atoms with Crippen LogP contribution in [0.25, 0.3) is 0 Å². The molecule has 2 nitrogen and oxygen atoms in total. The average molecular weight is 266 g/mol. The molecular weight excluding hydrogens is 246 g/mol. The SMILES string of the molecule is C=CC[C@H](c1c(F)ccc(C)c1F)N1CCNCC1. The maximum atomic E-state index is 14.3. The smallest absolute Gasteiger partial charge is 0.133 e. The summed E-state index contributed by atoms with van der Waals surface area (Å²) in [6.07, 6.45) is 2.28. The van der Waals surface area contributed by atoms with Crippen molar-refractivity contribution in [3.8, 4) is 0 Å². The van der Waals surface area contributed by atoms with Crippen LogP contribution in [0.3, 0.4) is 0 Å². The molecule has 1 atom stereocenters. The van der Waals surface area contributed by atoms with E-state index < -0.39 is 11.6 Å². The molecule has 1 aliphatic heterocycles. The van der Waals surface area contributed by atoms with Crippen molar-refractivity contribution in [1.29, 1.82) is 0 Å². The van der Waals surface area contributed by atoms with Gasteiger partial charge in [0.15, 0.2) is 0 Å². The van der Waals surface area contributed by atoms with Crippen LogP contribution >= 0.6 is 0 Å². The Hall–Kier alpha value is -1.26. The third-order valence-electron chi connectivity index (χ3n) is 3.64. The quantitative estimate of drug-likeness (QED) is 0.843. The highest BCUT2D eigenvalue weighted by atomic mass is 19.1. The summed E-state index contributed by atoms with van der Waals surface area (Å²) in [5.41, 5.74) is 0.669. The van der Waals surface area contributed by atoms with Crippen molar-refractivity contribution in [2.75, 3.05) is 26.2 Å². The zero-order valence-corrected chi connectivity index (χ0v) is 11.3. The van der Waals surface area contributed by atoms with Gasteiger partial charge in [0.1, 0.15) is 11.6 Å². The summed E-state index contributed by atoms with van der Waals surface area (Å²) in [4.78, 5) is 2.12. The zero-order chi connectivity index (χ0) is 13.8. The minimum Gasteiger partial charge on any atom is -0.314 e. The van der Waals surface area contributed by atoms with Gasteiger partial charge in [-0.15, -0.1) is 6.58 Å². The molecule has 104 valence electrons. The second-order valence-corrected chi connectivity index (χ2v) is 4.92. The third-order valence-corrected chi connectivity index (χ3v) is 3.64. The van der Waals surface area contributed by atoms with Crippen molar-refractivity contribution in [3.05, 3.63) is 47.5 Å². The molecule has 2 rings (SSSR count). The molecule has 0 aromatic heterocycles. The third kappa shape index (κ3) is 3.01. The number of halogens is 2. The first kappa shape index (κ1) is 14.2. The Labute approximate surface area is 113 Å². The molecule has 1 aliphatic rings. The van der Waals surface area contributed by atoms with Crippen LogP contribution in [0.2, 0.25) is 0 Å². The van der Waals surface area contributed by atoms with Crippen LogP contribution in [0.1, 0.15) is 23.6 Å². The van der Waals surface area contributed by atoms with Crippen molar-refractivity contribution >= 4 is 0 Å². The van der Waals surface area contributed by atoms with Crippen molar-refractivity contribution in [1.82, 2.24) is 10.2 Å². The topological polar surface area (TPSA) is 15.3 Å². The standard InChI is InChI=1S/C15H20F2N2/c1-3-4-13(19-9-7-18-8-10-19)14-12(16)6-5-11(2)15(14)17/h3,5-6,13,18H,1,4,7-10H2,2H3/t13-/m1/s1. The Morgan fingerprint density at radius 3 is 2.68 bits per heavy atom. The van der Waals surface area contributed by atoms with E-state index >= 15 is 0 Å². The van der Waals surface area contributed by atoms with Gasteiger partial charge in [0.2, 0.25) is 0 Å². The molecule has 0 saturated carbocycles. The molecule has 1 N–H and O–H groups in total. The van der Waals surface area contributed by atoms with Crippen molar-refractivity contribution in [2.45, 2.75) is 19.4 Å². The monoisotopic (exact) mass is 266 g/mol. The van der Waals surface area contributed by atoms with E-state index in [0.717, 1.165) is 26.2 Å². The number of hydrogen-bond donors (Lipinski definition) is 1. The molecule has 1 heterocycles. The molecule has 0 bridgehead atoms. The first-order chi connectivity index (χ1) is 9.15. The second-order valence-electron chi connectivity index (χ2n) is 4.92. The average Bonchev–Trinajstić information content (AvgIpc) is 2.43. The molecule has 1 fully saturated rings. The number of rotatable bonds is 4. The molecule has 0 amide bonds. The lowest BCUT2D eigenvalue weighted by atomic mass is 9.98. The largest absolute Gasteiger partial charge is 0.314 e. The van der Waals surface area contributed by atoms with E-state index in [0.29, 0.717) is 12.0 Å². The fourth-order valence-electron chi connectivity index (χ4n) is 2.58. The molecule has 1 aromatic carbocycles. The predicted octanol–water partition coefficient (Wildman–Crippen LogP) is 2.80. The van der Waals surface area contributed by atoms with Gasteiger partial charge in [-0.25, -0.2) is 8.78 Å². The van der Waals surface area contributed by atoms with Crippen molar-refractivity contribution < 1.29 is 8.78 Å². The highest BCUT2D eigenvalue weighted by molar-refractivity contribution is 5.30. The number of nitrogens with zero attached hydrogens (tertiary/aromatic N) is 1. The summed E-state index contributed by atoms with van der Waals surface area (Å²) in [6.45, 7) is 8.68. The Bertz CT molecular complexity index is 454. The van der Waals surface area contributed by atoms with Gasteiger partial charge in [-0.3, -0.25) is 4.90 Å². The van der Waals surface area contributed by atoms with Crippen molar-refractivity contribution in [2.24, 2.45) is 0 Å². The van der Waals surface area contributed by atoms with Crippen LogP contribution in [0.5, 0.6) is 0 Å². The Balaban J connectivity index is 2.37. The lowest BCUT2D eigenvalue weighted by molar-refractivity contribution is 0.167. The number of piperazine rings is 1. The lowest BCUT2D eigenvalue weighted by Crippen LogP contribution is -2.45. The molecule has 0 spiro atoms. The van der Waals surface area contributed by atoms with Gasteiger partial charge in [0.05, 0.1) is 0 Å². The van der Waals surface area contributed by atoms with Gasteiger partial charge < -0.3 is 5.32 Å². The van der Waals surface area contributed by atoms with Gasteiger partial charge in [0, 0.05) is 37.8 Å². The van der Waals surface area contributed by atoms with Crippen LogP contribution in [0.4, 0.5) is 8.78 Å². The summed E-state index contributed by atoms with van der Waals surface area (Å²) in [5.74, 6) is -0.890. The molecule has 19 heavy (non-hydrogen) atoms. The highest BCUT2D eigenvalue weighted by Crippen LogP contribution is 2.30. The van der Waals surface area contributed by atoms with E-state index in [2.05, 4.69) is 16.8 Å². The fourth-order valence-corrected chi connectivity index (χ4v) is 2.58. The van der Waals surface area contributed by atoms with E-state index in [1.165, 1.54) is 12.1 Å². The van der Waals surface area contributed by atoms with Crippen LogP contribution in [-0.4, -0.2) is 31.1 Å². The first-order valence-electron chi connectivity index (χ1n) is 6.65. The molecule has 0 aliphatic carbocycles. The molecular formula is C15H20F2N2. The van der Waals surface area contributed by atoms with Crippen LogP contribution < -0.4 is 5.32 Å². The number of nitrogens with one attached hydrogen (secondary N) is 1. The van der Waals surface area contributed by atoms with Crippen LogP contribution in [-0.2, 0) is 0 Å². The summed E-state index contributed by atoms with van der Waals surface area (Å²) in [6, 6.07) is 2.57. The van der Waals surface area contributed by atoms with Gasteiger partial charge in [-0.2, -0.15) is 0 Å². The number of hydrogen-bond acceptors (Lipinski definition) is 2. The van der Waals surface area contributed by atoms with E-state index in [9.17, 15) is 8.78 Å². The van der Waals surface area contributed by atoms with E-state index in [1.54, 1.807) is 13.0 Å². The Kier molecular flexibility index (Phi) is 4.66. The van der Waals surface area contributed by atoms with Crippen LogP contribution in [0.15, 0.2) is 24.8 Å². The first-order valence-corrected chi connectivity index (χ1v) is 6.65. The van der Waals surface area contributed by atoms with E-state index in [-0.39, 0.29) is 11.6 Å². The normalized spacial score (nSPS) is 18.3. The summed E-state index contributed by atoms with van der Waals surface area (Å²) in [7, 11) is 0. The lowest BCUT2D eigenvalue weighted by Gasteiger charge is -2.35. The van der Waals surface area contributed by atoms with Gasteiger partial charge >= 0.3 is 0 Å². The Morgan fingerprint density at radius 2 is 2.05 bits per heavy atom. The minimum atomic E-state index is -0.464. The van der Waals surface area contributed by atoms with E-state index in [1.807, 2.05) is 0 Å². The van der Waals surface area contributed by atoms with Gasteiger partial charge in [0.25, 0.3) is 0 Å². The zero-order valence-electron chi connectivity index (χ0n) is 11.3. The minimum absolute atomic E-state index is 0.182. The number of benzene rings is 1. The molecule has 1 saturated heterocycles. The maximum Gasteiger partial charge on any atom is 0.133 e. The van der Waals surface area contributed by atoms with Gasteiger partial charge in [-0.05, 0) is 25.0 Å². The van der Waals surface area contributed by atoms with E-state index in [4.69, 9.17) is 0 Å². The molecule has 0 radical (unpaired) electrons. The second kappa shape index (κ2) is 6.26. The fraction of sp³-hybridized carbons (Fsp3) is 0.467. The van der Waals surface area contributed by atoms with Gasteiger partial charge in [-0.1, -0.05) is 12.1 Å².